The number of carbonyl (C=O) groups excluding carboxylic acids is 1. The molecule has 1 aliphatic rings. The van der Waals surface area contributed by atoms with Crippen LogP contribution in [-0.2, 0) is 18.4 Å². The van der Waals surface area contributed by atoms with Gasteiger partial charge in [-0.2, -0.15) is 13.2 Å². The number of anilines is 1. The lowest BCUT2D eigenvalue weighted by atomic mass is 10.1. The maximum absolute atomic E-state index is 14.6. The van der Waals surface area contributed by atoms with Crippen LogP contribution in [-0.4, -0.2) is 53.9 Å². The first-order valence-corrected chi connectivity index (χ1v) is 10.9. The summed E-state index contributed by atoms with van der Waals surface area (Å²) in [6, 6.07) is 13.5. The van der Waals surface area contributed by atoms with Gasteiger partial charge in [0.25, 0.3) is 5.91 Å². The van der Waals surface area contributed by atoms with Crippen molar-refractivity contribution < 1.29 is 32.3 Å². The molecule has 0 spiro atoms. The van der Waals surface area contributed by atoms with Crippen LogP contribution in [0.2, 0.25) is 0 Å². The van der Waals surface area contributed by atoms with Crippen molar-refractivity contribution in [3.63, 3.8) is 0 Å². The number of halogens is 4. The molecule has 0 bridgehead atoms. The van der Waals surface area contributed by atoms with Crippen molar-refractivity contribution in [2.45, 2.75) is 12.7 Å². The van der Waals surface area contributed by atoms with Crippen LogP contribution >= 0.6 is 0 Å². The molecule has 0 radical (unpaired) electrons. The minimum Gasteiger partial charge on any atom is -0.475 e. The van der Waals surface area contributed by atoms with Gasteiger partial charge in [0.05, 0.1) is 11.2 Å². The Kier molecular flexibility index (Phi) is 8.30. The molecule has 2 aromatic carbocycles. The van der Waals surface area contributed by atoms with E-state index < -0.39 is 12.1 Å². The highest BCUT2D eigenvalue weighted by molar-refractivity contribution is 5.95. The molecule has 1 fully saturated rings. The van der Waals surface area contributed by atoms with Gasteiger partial charge in [-0.1, -0.05) is 18.2 Å². The second-order valence-electron chi connectivity index (χ2n) is 7.98. The summed E-state index contributed by atoms with van der Waals surface area (Å²) < 4.78 is 48.0. The Labute approximate surface area is 203 Å². The Morgan fingerprint density at radius 1 is 1.08 bits per heavy atom. The first kappa shape index (κ1) is 26.7. The van der Waals surface area contributed by atoms with Crippen LogP contribution in [0.1, 0.15) is 16.1 Å². The normalized spacial score (nSPS) is 13.6. The predicted molar refractivity (Wildman–Crippen MR) is 126 cm³/mol. The molecule has 1 amide bonds. The molecule has 0 atom stereocenters. The highest BCUT2D eigenvalue weighted by atomic mass is 19.4. The number of alkyl halides is 3. The number of aryl methyl sites for hydroxylation is 1. The van der Waals surface area contributed by atoms with Crippen molar-refractivity contribution in [1.82, 2.24) is 15.2 Å². The first-order chi connectivity index (χ1) is 17.0. The molecule has 36 heavy (non-hydrogen) atoms. The van der Waals surface area contributed by atoms with Gasteiger partial charge in [0.15, 0.2) is 5.43 Å². The second-order valence-corrected chi connectivity index (χ2v) is 7.98. The number of nitrogens with one attached hydrogen (secondary N) is 2. The molecular formula is C24H24F4N4O4. The fourth-order valence-corrected chi connectivity index (χ4v) is 3.72. The van der Waals surface area contributed by atoms with Crippen LogP contribution in [0.5, 0.6) is 0 Å². The van der Waals surface area contributed by atoms with E-state index in [0.717, 1.165) is 26.2 Å². The van der Waals surface area contributed by atoms with Gasteiger partial charge in [0, 0.05) is 51.2 Å². The number of piperazine rings is 1. The highest BCUT2D eigenvalue weighted by Crippen LogP contribution is 2.21. The van der Waals surface area contributed by atoms with Gasteiger partial charge in [-0.05, 0) is 29.8 Å². The molecular weight excluding hydrogens is 484 g/mol. The smallest absolute Gasteiger partial charge is 0.475 e. The third-order valence-electron chi connectivity index (χ3n) is 5.56. The lowest BCUT2D eigenvalue weighted by molar-refractivity contribution is -0.192. The zero-order valence-corrected chi connectivity index (χ0v) is 19.2. The summed E-state index contributed by atoms with van der Waals surface area (Å²) in [5.74, 6) is -3.42. The first-order valence-electron chi connectivity index (χ1n) is 10.9. The van der Waals surface area contributed by atoms with Crippen molar-refractivity contribution in [3.05, 3.63) is 75.8 Å². The van der Waals surface area contributed by atoms with Crippen molar-refractivity contribution in [2.24, 2.45) is 7.05 Å². The molecule has 3 N–H and O–H groups in total. The largest absolute Gasteiger partial charge is 0.490 e. The molecule has 1 aromatic heterocycles. The molecule has 0 unspecified atom stereocenters. The van der Waals surface area contributed by atoms with Crippen LogP contribution in [0.15, 0.2) is 53.3 Å². The van der Waals surface area contributed by atoms with E-state index in [1.54, 1.807) is 35.9 Å². The lowest BCUT2D eigenvalue weighted by Crippen LogP contribution is -2.43. The van der Waals surface area contributed by atoms with Gasteiger partial charge >= 0.3 is 12.1 Å². The fraction of sp³-hybridized carbons (Fsp3) is 0.292. The number of aliphatic carboxylic acids is 1. The van der Waals surface area contributed by atoms with Gasteiger partial charge in [0.2, 0.25) is 0 Å². The number of benzene rings is 2. The summed E-state index contributed by atoms with van der Waals surface area (Å²) in [5, 5.41) is 13.7. The number of nitrogens with zero attached hydrogens (tertiary/aromatic N) is 2. The van der Waals surface area contributed by atoms with E-state index in [1.165, 1.54) is 12.1 Å². The van der Waals surface area contributed by atoms with Crippen molar-refractivity contribution in [2.75, 3.05) is 31.1 Å². The number of carboxylic acid groups (broad SMARTS) is 1. The number of carboxylic acids is 1. The van der Waals surface area contributed by atoms with Crippen molar-refractivity contribution in [1.29, 1.82) is 0 Å². The van der Waals surface area contributed by atoms with E-state index >= 15 is 0 Å². The van der Waals surface area contributed by atoms with Gasteiger partial charge in [0.1, 0.15) is 11.5 Å². The minimum absolute atomic E-state index is 0.179. The Morgan fingerprint density at radius 2 is 1.72 bits per heavy atom. The van der Waals surface area contributed by atoms with E-state index in [2.05, 4.69) is 10.6 Å². The zero-order valence-electron chi connectivity index (χ0n) is 19.2. The predicted octanol–water partition coefficient (Wildman–Crippen LogP) is 2.65. The summed E-state index contributed by atoms with van der Waals surface area (Å²) in [6.07, 6.45) is -5.08. The molecule has 8 nitrogen and oxygen atoms in total. The lowest BCUT2D eigenvalue weighted by Gasteiger charge is -2.29. The van der Waals surface area contributed by atoms with Gasteiger partial charge in [-0.25, -0.2) is 9.18 Å². The number of pyridine rings is 1. The molecule has 0 saturated carbocycles. The summed E-state index contributed by atoms with van der Waals surface area (Å²) in [4.78, 5) is 35.9. The molecule has 2 heterocycles. The second kappa shape index (κ2) is 11.2. The van der Waals surface area contributed by atoms with Crippen molar-refractivity contribution in [3.8, 4) is 0 Å². The van der Waals surface area contributed by atoms with E-state index in [4.69, 9.17) is 9.90 Å². The molecule has 1 aliphatic heterocycles. The SMILES string of the molecule is Cn1c(C(=O)NCc2ccc(N3CCNCC3)c(F)c2)cc(=O)c2ccccc21.O=C(O)C(F)(F)F. The van der Waals surface area contributed by atoms with Gasteiger partial charge in [-0.15, -0.1) is 0 Å². The topological polar surface area (TPSA) is 104 Å². The van der Waals surface area contributed by atoms with Crippen LogP contribution in [0.3, 0.4) is 0 Å². The third-order valence-corrected chi connectivity index (χ3v) is 5.56. The van der Waals surface area contributed by atoms with Crippen LogP contribution in [0.4, 0.5) is 23.2 Å². The molecule has 3 aromatic rings. The van der Waals surface area contributed by atoms with Gasteiger partial charge < -0.3 is 25.2 Å². The molecule has 4 rings (SSSR count). The average Bonchev–Trinajstić information content (AvgIpc) is 2.85. The Balaban J connectivity index is 0.000000454. The molecule has 12 heteroatoms. The maximum atomic E-state index is 14.6. The van der Waals surface area contributed by atoms with Crippen LogP contribution in [0, 0.1) is 5.82 Å². The quantitative estimate of drug-likeness (QED) is 0.469. The maximum Gasteiger partial charge on any atom is 0.490 e. The number of hydrogen-bond donors (Lipinski definition) is 3. The van der Waals surface area contributed by atoms with E-state index in [1.807, 2.05) is 17.0 Å². The number of fused-ring (bicyclic) bond motifs is 1. The summed E-state index contributed by atoms with van der Waals surface area (Å²) in [7, 11) is 1.75. The van der Waals surface area contributed by atoms with Gasteiger partial charge in [-0.3, -0.25) is 9.59 Å². The van der Waals surface area contributed by atoms with Crippen molar-refractivity contribution >= 4 is 28.5 Å². The van der Waals surface area contributed by atoms with Crippen LogP contribution in [0.25, 0.3) is 10.9 Å². The number of amides is 1. The average molecular weight is 508 g/mol. The number of carbonyl (C=O) groups is 2. The molecule has 192 valence electrons. The summed E-state index contributed by atoms with van der Waals surface area (Å²) in [6.45, 7) is 3.38. The summed E-state index contributed by atoms with van der Waals surface area (Å²) >= 11 is 0. The zero-order chi connectivity index (χ0) is 26.5. The Morgan fingerprint density at radius 3 is 2.33 bits per heavy atom. The third kappa shape index (κ3) is 6.39. The summed E-state index contributed by atoms with van der Waals surface area (Å²) in [5.41, 5.74) is 2.01. The monoisotopic (exact) mass is 508 g/mol. The number of hydrogen-bond acceptors (Lipinski definition) is 5. The molecule has 0 aliphatic carbocycles. The van der Waals surface area contributed by atoms with Crippen LogP contribution < -0.4 is 21.0 Å². The Bertz CT molecular complexity index is 1320. The number of rotatable bonds is 4. The van der Waals surface area contributed by atoms with E-state index in [-0.39, 0.29) is 29.4 Å². The fourth-order valence-electron chi connectivity index (χ4n) is 3.72. The van der Waals surface area contributed by atoms with E-state index in [0.29, 0.717) is 22.2 Å². The molecule has 1 saturated heterocycles. The number of para-hydroxylation sites is 1. The minimum atomic E-state index is -5.08. The number of aromatic nitrogens is 1. The Hall–Kier alpha value is -3.93. The standard InChI is InChI=1S/C22H23FN4O2.C2HF3O2/c1-26-18-5-3-2-4-16(18)21(28)13-20(26)22(29)25-14-15-6-7-19(17(23)12-15)27-10-8-24-9-11-27;3-2(4,5)1(6)7/h2-7,12-13,24H,8-11,14H2,1H3,(H,25,29);(H,6,7). The van der Waals surface area contributed by atoms with E-state index in [9.17, 15) is 27.2 Å². The highest BCUT2D eigenvalue weighted by Gasteiger charge is 2.38.